The van der Waals surface area contributed by atoms with E-state index in [9.17, 15) is 21.6 Å². The van der Waals surface area contributed by atoms with Crippen LogP contribution in [0.2, 0.25) is 0 Å². The summed E-state index contributed by atoms with van der Waals surface area (Å²) in [5.41, 5.74) is 0. The predicted molar refractivity (Wildman–Crippen MR) is 84.0 cm³/mol. The molecule has 0 fully saturated rings. The van der Waals surface area contributed by atoms with Gasteiger partial charge in [0, 0.05) is 14.1 Å². The molecular formula is C13H20N2O6S2. The zero-order chi connectivity index (χ0) is 17.8. The number of aliphatic carboxylic acids is 1. The third-order valence-electron chi connectivity index (χ3n) is 3.07. The van der Waals surface area contributed by atoms with E-state index in [1.807, 2.05) is 0 Å². The summed E-state index contributed by atoms with van der Waals surface area (Å²) in [6.07, 6.45) is 0.610. The van der Waals surface area contributed by atoms with Gasteiger partial charge in [-0.15, -0.1) is 0 Å². The van der Waals surface area contributed by atoms with Crippen LogP contribution in [0.3, 0.4) is 0 Å². The lowest BCUT2D eigenvalue weighted by Crippen LogP contribution is -2.40. The number of hydrogen-bond donors (Lipinski definition) is 2. The Bertz CT molecular complexity index is 771. The van der Waals surface area contributed by atoms with Crippen LogP contribution in [-0.4, -0.2) is 52.4 Å². The van der Waals surface area contributed by atoms with E-state index >= 15 is 0 Å². The predicted octanol–water partition coefficient (Wildman–Crippen LogP) is 0.469. The number of benzene rings is 1. The smallest absolute Gasteiger partial charge is 0.321 e. The molecule has 0 saturated carbocycles. The molecule has 0 spiro atoms. The summed E-state index contributed by atoms with van der Waals surface area (Å²) in [6.45, 7) is 1.73. The first-order chi connectivity index (χ1) is 10.5. The van der Waals surface area contributed by atoms with Crippen molar-refractivity contribution in [2.45, 2.75) is 35.6 Å². The van der Waals surface area contributed by atoms with Gasteiger partial charge in [-0.3, -0.25) is 4.79 Å². The van der Waals surface area contributed by atoms with Crippen molar-refractivity contribution in [2.75, 3.05) is 14.1 Å². The molecule has 0 heterocycles. The third-order valence-corrected chi connectivity index (χ3v) is 6.35. The van der Waals surface area contributed by atoms with Gasteiger partial charge in [0.1, 0.15) is 6.04 Å². The van der Waals surface area contributed by atoms with E-state index in [0.717, 1.165) is 10.4 Å². The molecule has 0 aliphatic carbocycles. The molecule has 1 aromatic carbocycles. The second-order valence-corrected chi connectivity index (χ2v) is 8.93. The minimum atomic E-state index is -4.15. The minimum Gasteiger partial charge on any atom is -0.480 e. The molecular weight excluding hydrogens is 344 g/mol. The van der Waals surface area contributed by atoms with Gasteiger partial charge in [0.2, 0.25) is 20.0 Å². The highest BCUT2D eigenvalue weighted by atomic mass is 32.2. The Labute approximate surface area is 136 Å². The monoisotopic (exact) mass is 364 g/mol. The van der Waals surface area contributed by atoms with Crippen LogP contribution in [0.4, 0.5) is 0 Å². The molecule has 1 aromatic rings. The Balaban J connectivity index is 3.23. The van der Waals surface area contributed by atoms with Crippen molar-refractivity contribution in [3.63, 3.8) is 0 Å². The topological polar surface area (TPSA) is 121 Å². The fraction of sp³-hybridized carbons (Fsp3) is 0.462. The summed E-state index contributed by atoms with van der Waals surface area (Å²) in [7, 11) is -5.28. The number of carboxylic acid groups (broad SMARTS) is 1. The maximum Gasteiger partial charge on any atom is 0.321 e. The number of nitrogens with one attached hydrogen (secondary N) is 1. The number of sulfonamides is 2. The highest BCUT2D eigenvalue weighted by Crippen LogP contribution is 2.18. The summed E-state index contributed by atoms with van der Waals surface area (Å²) in [5.74, 6) is -1.28. The molecule has 2 N–H and O–H groups in total. The van der Waals surface area contributed by atoms with Gasteiger partial charge >= 0.3 is 5.97 Å². The largest absolute Gasteiger partial charge is 0.480 e. The van der Waals surface area contributed by atoms with Crippen LogP contribution in [0.25, 0.3) is 0 Å². The second-order valence-electron chi connectivity index (χ2n) is 5.06. The molecule has 23 heavy (non-hydrogen) atoms. The highest BCUT2D eigenvalue weighted by molar-refractivity contribution is 7.90. The van der Waals surface area contributed by atoms with E-state index < -0.39 is 32.1 Å². The average molecular weight is 364 g/mol. The van der Waals surface area contributed by atoms with Crippen LogP contribution in [0.1, 0.15) is 19.8 Å². The molecule has 0 aromatic heterocycles. The molecule has 0 radical (unpaired) electrons. The quantitative estimate of drug-likeness (QED) is 0.692. The van der Waals surface area contributed by atoms with Crippen molar-refractivity contribution >= 4 is 26.0 Å². The second kappa shape index (κ2) is 7.39. The Morgan fingerprint density at radius 2 is 1.78 bits per heavy atom. The number of carbonyl (C=O) groups is 1. The lowest BCUT2D eigenvalue weighted by molar-refractivity contribution is -0.139. The van der Waals surface area contributed by atoms with Gasteiger partial charge in [0.25, 0.3) is 0 Å². The van der Waals surface area contributed by atoms with Gasteiger partial charge in [-0.2, -0.15) is 4.72 Å². The number of hydrogen-bond acceptors (Lipinski definition) is 5. The van der Waals surface area contributed by atoms with Gasteiger partial charge in [0.15, 0.2) is 0 Å². The van der Waals surface area contributed by atoms with Crippen molar-refractivity contribution in [1.82, 2.24) is 9.03 Å². The molecule has 130 valence electrons. The van der Waals surface area contributed by atoms with E-state index in [1.54, 1.807) is 6.92 Å². The summed E-state index contributed by atoms with van der Waals surface area (Å²) >= 11 is 0. The zero-order valence-corrected chi connectivity index (χ0v) is 14.7. The van der Waals surface area contributed by atoms with Crippen LogP contribution in [0.5, 0.6) is 0 Å². The Morgan fingerprint density at radius 3 is 2.26 bits per heavy atom. The number of carboxylic acids is 1. The normalized spacial score (nSPS) is 13.9. The SMILES string of the molecule is CCCC(NS(=O)(=O)c1cccc(S(=O)(=O)N(C)C)c1)C(=O)O. The van der Waals surface area contributed by atoms with Gasteiger partial charge < -0.3 is 5.11 Å². The van der Waals surface area contributed by atoms with E-state index in [2.05, 4.69) is 4.72 Å². The third kappa shape index (κ3) is 4.74. The first kappa shape index (κ1) is 19.6. The van der Waals surface area contributed by atoms with Crippen molar-refractivity contribution in [1.29, 1.82) is 0 Å². The first-order valence-electron chi connectivity index (χ1n) is 6.80. The van der Waals surface area contributed by atoms with Crippen LogP contribution in [0, 0.1) is 0 Å². The molecule has 0 saturated heterocycles. The van der Waals surface area contributed by atoms with Crippen LogP contribution in [0.15, 0.2) is 34.1 Å². The zero-order valence-electron chi connectivity index (χ0n) is 13.1. The van der Waals surface area contributed by atoms with Crippen LogP contribution < -0.4 is 4.72 Å². The van der Waals surface area contributed by atoms with Gasteiger partial charge in [-0.05, 0) is 24.6 Å². The summed E-state index contributed by atoms with van der Waals surface area (Å²) in [4.78, 5) is 10.6. The van der Waals surface area contributed by atoms with Gasteiger partial charge in [-0.1, -0.05) is 19.4 Å². The maximum atomic E-state index is 12.3. The number of rotatable bonds is 8. The molecule has 1 rings (SSSR count). The summed E-state index contributed by atoms with van der Waals surface area (Å²) in [5, 5.41) is 9.04. The Hall–Kier alpha value is -1.49. The first-order valence-corrected chi connectivity index (χ1v) is 9.72. The number of nitrogens with zero attached hydrogens (tertiary/aromatic N) is 1. The van der Waals surface area contributed by atoms with Gasteiger partial charge in [0.05, 0.1) is 9.79 Å². The maximum absolute atomic E-state index is 12.3. The van der Waals surface area contributed by atoms with Crippen molar-refractivity contribution < 1.29 is 26.7 Å². The highest BCUT2D eigenvalue weighted by Gasteiger charge is 2.26. The standard InChI is InChI=1S/C13H20N2O6S2/c1-4-6-12(13(16)17)14-22(18,19)10-7-5-8-11(9-10)23(20,21)15(2)3/h5,7-9,12,14H,4,6H2,1-3H3,(H,16,17). The molecule has 8 nitrogen and oxygen atoms in total. The lowest BCUT2D eigenvalue weighted by Gasteiger charge is -2.15. The van der Waals surface area contributed by atoms with E-state index in [4.69, 9.17) is 5.11 Å². The van der Waals surface area contributed by atoms with Crippen molar-refractivity contribution in [3.05, 3.63) is 24.3 Å². The average Bonchev–Trinajstić information content (AvgIpc) is 2.46. The van der Waals surface area contributed by atoms with E-state index in [-0.39, 0.29) is 16.2 Å². The molecule has 1 unspecified atom stereocenters. The molecule has 0 aliphatic heterocycles. The fourth-order valence-corrected chi connectivity index (χ4v) is 4.08. The van der Waals surface area contributed by atoms with Crippen LogP contribution in [-0.2, 0) is 24.8 Å². The molecule has 0 amide bonds. The molecule has 1 atom stereocenters. The summed E-state index contributed by atoms with van der Waals surface area (Å²) < 4.78 is 51.7. The summed E-state index contributed by atoms with van der Waals surface area (Å²) in [6, 6.07) is 3.51. The van der Waals surface area contributed by atoms with E-state index in [0.29, 0.717) is 6.42 Å². The molecule has 10 heteroatoms. The Morgan fingerprint density at radius 1 is 1.22 bits per heavy atom. The molecule has 0 bridgehead atoms. The van der Waals surface area contributed by atoms with Crippen molar-refractivity contribution in [2.24, 2.45) is 0 Å². The van der Waals surface area contributed by atoms with Gasteiger partial charge in [-0.25, -0.2) is 21.1 Å². The lowest BCUT2D eigenvalue weighted by atomic mass is 10.2. The molecule has 0 aliphatic rings. The van der Waals surface area contributed by atoms with Crippen LogP contribution >= 0.6 is 0 Å². The Kier molecular flexibility index (Phi) is 6.28. The minimum absolute atomic E-state index is 0.129. The van der Waals surface area contributed by atoms with Crippen molar-refractivity contribution in [3.8, 4) is 0 Å². The van der Waals surface area contributed by atoms with E-state index in [1.165, 1.54) is 32.3 Å². The fourth-order valence-electron chi connectivity index (χ4n) is 1.79.